The number of halogens is 1. The van der Waals surface area contributed by atoms with Gasteiger partial charge in [-0.3, -0.25) is 4.79 Å². The van der Waals surface area contributed by atoms with Crippen LogP contribution in [0.4, 0.5) is 4.39 Å². The molecule has 0 atom stereocenters. The van der Waals surface area contributed by atoms with E-state index in [9.17, 15) is 9.18 Å². The van der Waals surface area contributed by atoms with Crippen LogP contribution in [0.2, 0.25) is 0 Å². The molecule has 1 radical (unpaired) electrons. The lowest BCUT2D eigenvalue weighted by Gasteiger charge is -2.04. The zero-order chi connectivity index (χ0) is 8.81. The largest absolute Gasteiger partial charge is 0.463 e. The minimum Gasteiger partial charge on any atom is -0.463 e. The van der Waals surface area contributed by atoms with Gasteiger partial charge in [-0.1, -0.05) is 18.2 Å². The molecule has 0 fully saturated rings. The van der Waals surface area contributed by atoms with E-state index in [0.717, 1.165) is 0 Å². The Hall–Kier alpha value is -1.38. The van der Waals surface area contributed by atoms with E-state index < -0.39 is 6.86 Å². The topological polar surface area (TPSA) is 26.3 Å². The van der Waals surface area contributed by atoms with Gasteiger partial charge in [-0.15, -0.1) is 0 Å². The van der Waals surface area contributed by atoms with Gasteiger partial charge >= 0.3 is 0 Å². The van der Waals surface area contributed by atoms with E-state index in [1.807, 2.05) is 0 Å². The van der Waals surface area contributed by atoms with Crippen molar-refractivity contribution >= 4 is 6.29 Å². The number of para-hydroxylation sites is 1. The van der Waals surface area contributed by atoms with E-state index in [2.05, 4.69) is 4.74 Å². The number of hydrogen-bond donors (Lipinski definition) is 0. The summed E-state index contributed by atoms with van der Waals surface area (Å²) in [4.78, 5) is 10.1. The van der Waals surface area contributed by atoms with Crippen LogP contribution in [0, 0.1) is 0 Å². The molecule has 0 aliphatic heterocycles. The highest BCUT2D eigenvalue weighted by molar-refractivity contribution is 5.58. The third-order valence-corrected chi connectivity index (χ3v) is 1.45. The fourth-order valence-corrected chi connectivity index (χ4v) is 0.927. The number of carbonyl (C=O) groups excluding carboxylic acids is 1. The first kappa shape index (κ1) is 8.71. The molecule has 0 saturated heterocycles. The Morgan fingerprint density at radius 1 is 1.42 bits per heavy atom. The van der Waals surface area contributed by atoms with E-state index >= 15 is 0 Å². The van der Waals surface area contributed by atoms with Crippen LogP contribution in [0.25, 0.3) is 0 Å². The molecule has 0 saturated carbocycles. The summed E-state index contributed by atoms with van der Waals surface area (Å²) in [5.41, 5.74) is 0.658. The van der Waals surface area contributed by atoms with Crippen molar-refractivity contribution in [3.63, 3.8) is 0 Å². The number of ether oxygens (including phenoxy) is 1. The van der Waals surface area contributed by atoms with E-state index in [4.69, 9.17) is 0 Å². The van der Waals surface area contributed by atoms with E-state index in [1.165, 1.54) is 0 Å². The highest BCUT2D eigenvalue weighted by Gasteiger charge is 2.00. The van der Waals surface area contributed by atoms with Gasteiger partial charge < -0.3 is 4.74 Å². The maximum Gasteiger partial charge on any atom is 0.228 e. The first-order chi connectivity index (χ1) is 5.88. The Morgan fingerprint density at radius 2 is 2.17 bits per heavy atom. The summed E-state index contributed by atoms with van der Waals surface area (Å²) in [6.07, 6.45) is 1.87. The molecule has 3 heteroatoms. The standard InChI is InChI=1S/C9H8FO2/c10-7-12-9-4-2-1-3-8(9)5-6-11/h1-4H,5,7H2. The molecule has 63 valence electrons. The lowest BCUT2D eigenvalue weighted by molar-refractivity contribution is 0.190. The quantitative estimate of drug-likeness (QED) is 0.681. The summed E-state index contributed by atoms with van der Waals surface area (Å²) in [6, 6.07) is 6.80. The Balaban J connectivity index is 2.83. The molecule has 1 aromatic carbocycles. The summed E-state index contributed by atoms with van der Waals surface area (Å²) in [6.45, 7) is -0.879. The fraction of sp³-hybridized carbons (Fsp3) is 0.222. The number of hydrogen-bond acceptors (Lipinski definition) is 2. The second-order valence-electron chi connectivity index (χ2n) is 2.18. The van der Waals surface area contributed by atoms with E-state index in [-0.39, 0.29) is 6.42 Å². The van der Waals surface area contributed by atoms with Gasteiger partial charge in [0.1, 0.15) is 5.75 Å². The molecule has 0 aliphatic rings. The average Bonchev–Trinajstić information content (AvgIpc) is 2.09. The molecule has 2 nitrogen and oxygen atoms in total. The molecule has 0 spiro atoms. The first-order valence-corrected chi connectivity index (χ1v) is 3.50. The van der Waals surface area contributed by atoms with Crippen LogP contribution in [0.15, 0.2) is 24.3 Å². The van der Waals surface area contributed by atoms with Crippen molar-refractivity contribution in [1.82, 2.24) is 0 Å². The monoisotopic (exact) mass is 167 g/mol. The SMILES string of the molecule is O=[C]Cc1ccccc1OCF. The van der Waals surface area contributed by atoms with Crippen LogP contribution in [0.3, 0.4) is 0 Å². The number of rotatable bonds is 4. The number of alkyl halides is 1. The summed E-state index contributed by atoms with van der Waals surface area (Å²) >= 11 is 0. The Bertz CT molecular complexity index is 260. The highest BCUT2D eigenvalue weighted by atomic mass is 19.1. The molecule has 12 heavy (non-hydrogen) atoms. The predicted octanol–water partition coefficient (Wildman–Crippen LogP) is 1.64. The maximum absolute atomic E-state index is 11.8. The van der Waals surface area contributed by atoms with Crippen LogP contribution in [0.5, 0.6) is 5.75 Å². The molecule has 1 aromatic rings. The first-order valence-electron chi connectivity index (χ1n) is 3.50. The van der Waals surface area contributed by atoms with Gasteiger partial charge in [-0.25, -0.2) is 4.39 Å². The minimum atomic E-state index is -0.879. The summed E-state index contributed by atoms with van der Waals surface area (Å²) in [7, 11) is 0. The third kappa shape index (κ3) is 2.05. The van der Waals surface area contributed by atoms with Crippen molar-refractivity contribution in [2.45, 2.75) is 6.42 Å². The molecule has 0 unspecified atom stereocenters. The molecule has 0 N–H and O–H groups in total. The zero-order valence-corrected chi connectivity index (χ0v) is 6.42. The third-order valence-electron chi connectivity index (χ3n) is 1.45. The van der Waals surface area contributed by atoms with Crippen LogP contribution in [0.1, 0.15) is 5.56 Å². The van der Waals surface area contributed by atoms with Gasteiger partial charge in [-0.2, -0.15) is 0 Å². The second-order valence-corrected chi connectivity index (χ2v) is 2.18. The van der Waals surface area contributed by atoms with Gasteiger partial charge in [0.15, 0.2) is 0 Å². The second kappa shape index (κ2) is 4.49. The van der Waals surface area contributed by atoms with Crippen molar-refractivity contribution in [2.24, 2.45) is 0 Å². The molecule has 0 aliphatic carbocycles. The van der Waals surface area contributed by atoms with Crippen molar-refractivity contribution in [2.75, 3.05) is 6.86 Å². The van der Waals surface area contributed by atoms with Crippen molar-refractivity contribution in [1.29, 1.82) is 0 Å². The lowest BCUT2D eigenvalue weighted by Crippen LogP contribution is -1.95. The molecule has 0 aromatic heterocycles. The van der Waals surface area contributed by atoms with Gasteiger partial charge in [0.2, 0.25) is 13.1 Å². The Morgan fingerprint density at radius 3 is 2.83 bits per heavy atom. The minimum absolute atomic E-state index is 0.135. The summed E-state index contributed by atoms with van der Waals surface area (Å²) < 4.78 is 16.4. The summed E-state index contributed by atoms with van der Waals surface area (Å²) in [5, 5.41) is 0. The zero-order valence-electron chi connectivity index (χ0n) is 6.42. The number of benzene rings is 1. The van der Waals surface area contributed by atoms with Crippen LogP contribution in [-0.4, -0.2) is 13.1 Å². The molecule has 0 bridgehead atoms. The maximum atomic E-state index is 11.8. The fourth-order valence-electron chi connectivity index (χ4n) is 0.927. The van der Waals surface area contributed by atoms with Gasteiger partial charge in [0, 0.05) is 12.0 Å². The summed E-state index contributed by atoms with van der Waals surface area (Å²) in [5.74, 6) is 0.406. The average molecular weight is 167 g/mol. The molecule has 1 rings (SSSR count). The van der Waals surface area contributed by atoms with Gasteiger partial charge in [-0.05, 0) is 6.07 Å². The molecule has 0 heterocycles. The normalized spacial score (nSPS) is 9.42. The lowest BCUT2D eigenvalue weighted by atomic mass is 10.1. The van der Waals surface area contributed by atoms with Gasteiger partial charge in [0.25, 0.3) is 0 Å². The van der Waals surface area contributed by atoms with E-state index in [1.54, 1.807) is 30.6 Å². The van der Waals surface area contributed by atoms with Gasteiger partial charge in [0.05, 0.1) is 0 Å². The van der Waals surface area contributed by atoms with Crippen molar-refractivity contribution < 1.29 is 13.9 Å². The molecular formula is C9H8FO2. The Kier molecular flexibility index (Phi) is 3.26. The van der Waals surface area contributed by atoms with E-state index in [0.29, 0.717) is 11.3 Å². The van der Waals surface area contributed by atoms with Crippen molar-refractivity contribution in [3.8, 4) is 5.75 Å². The molecular weight excluding hydrogens is 159 g/mol. The predicted molar refractivity (Wildman–Crippen MR) is 42.4 cm³/mol. The van der Waals surface area contributed by atoms with Crippen LogP contribution >= 0.6 is 0 Å². The van der Waals surface area contributed by atoms with Crippen LogP contribution < -0.4 is 4.74 Å². The molecule has 0 amide bonds. The Labute approximate surface area is 70.0 Å². The smallest absolute Gasteiger partial charge is 0.228 e. The van der Waals surface area contributed by atoms with Crippen LogP contribution in [-0.2, 0) is 11.2 Å². The van der Waals surface area contributed by atoms with Crippen molar-refractivity contribution in [3.05, 3.63) is 29.8 Å². The highest BCUT2D eigenvalue weighted by Crippen LogP contribution is 2.17.